The summed E-state index contributed by atoms with van der Waals surface area (Å²) in [4.78, 5) is 22.1. The van der Waals surface area contributed by atoms with Gasteiger partial charge >= 0.3 is 0 Å². The molecule has 1 fully saturated rings. The Bertz CT molecular complexity index is 1110. The van der Waals surface area contributed by atoms with E-state index in [1.807, 2.05) is 30.3 Å². The number of carbonyl (C=O) groups excluding carboxylic acids is 1. The van der Waals surface area contributed by atoms with E-state index in [0.717, 1.165) is 18.6 Å². The minimum Gasteiger partial charge on any atom is -0.457 e. The van der Waals surface area contributed by atoms with E-state index >= 15 is 0 Å². The minimum absolute atomic E-state index is 0.0705. The summed E-state index contributed by atoms with van der Waals surface area (Å²) in [6.45, 7) is 1.35. The molecule has 1 aliphatic heterocycles. The Kier molecular flexibility index (Phi) is 6.32. The van der Waals surface area contributed by atoms with Gasteiger partial charge in [0, 0.05) is 25.3 Å². The summed E-state index contributed by atoms with van der Waals surface area (Å²) >= 11 is 0. The third-order valence-corrected chi connectivity index (χ3v) is 5.01. The fraction of sp³-hybridized carbons (Fsp3) is 0.217. The molecule has 9 nitrogen and oxygen atoms in total. The Labute approximate surface area is 185 Å². The first-order valence-electron chi connectivity index (χ1n) is 10.2. The molecule has 2 heterocycles. The van der Waals surface area contributed by atoms with Crippen LogP contribution in [0.4, 0.5) is 5.95 Å². The fourth-order valence-corrected chi connectivity index (χ4v) is 3.30. The molecule has 0 aliphatic carbocycles. The van der Waals surface area contributed by atoms with Crippen LogP contribution >= 0.6 is 0 Å². The zero-order chi connectivity index (χ0) is 22.3. The third kappa shape index (κ3) is 5.23. The van der Waals surface area contributed by atoms with Crippen LogP contribution in [0.3, 0.4) is 0 Å². The van der Waals surface area contributed by atoms with Crippen molar-refractivity contribution in [2.45, 2.75) is 18.9 Å². The first kappa shape index (κ1) is 20.9. The highest BCUT2D eigenvalue weighted by atomic mass is 16.5. The number of carbonyl (C=O) groups is 1. The van der Waals surface area contributed by atoms with Gasteiger partial charge < -0.3 is 25.4 Å². The van der Waals surface area contributed by atoms with Crippen molar-refractivity contribution < 1.29 is 14.3 Å². The predicted octanol–water partition coefficient (Wildman–Crippen LogP) is 3.52. The van der Waals surface area contributed by atoms with Crippen LogP contribution < -0.4 is 20.5 Å². The Hall–Kier alpha value is -4.32. The maximum absolute atomic E-state index is 11.8. The van der Waals surface area contributed by atoms with Crippen molar-refractivity contribution in [3.05, 3.63) is 66.4 Å². The fourth-order valence-electron chi connectivity index (χ4n) is 3.30. The second-order valence-electron chi connectivity index (χ2n) is 7.27. The maximum atomic E-state index is 11.8. The van der Waals surface area contributed by atoms with Crippen LogP contribution in [0.25, 0.3) is 0 Å². The number of aromatic nitrogens is 2. The quantitative estimate of drug-likeness (QED) is 0.545. The van der Waals surface area contributed by atoms with E-state index in [2.05, 4.69) is 21.5 Å². The molecule has 0 unspecified atom stereocenters. The molecule has 0 atom stereocenters. The van der Waals surface area contributed by atoms with Gasteiger partial charge in [-0.3, -0.25) is 4.79 Å². The molecule has 1 aliphatic rings. The van der Waals surface area contributed by atoms with Gasteiger partial charge in [0.25, 0.3) is 5.91 Å². The van der Waals surface area contributed by atoms with Crippen molar-refractivity contribution in [2.24, 2.45) is 5.73 Å². The van der Waals surface area contributed by atoms with Crippen LogP contribution in [0.1, 0.15) is 23.2 Å². The summed E-state index contributed by atoms with van der Waals surface area (Å²) in [5, 5.41) is 12.2. The van der Waals surface area contributed by atoms with E-state index in [1.54, 1.807) is 29.2 Å². The molecule has 4 rings (SSSR count). The van der Waals surface area contributed by atoms with Crippen LogP contribution in [0.15, 0.2) is 60.8 Å². The van der Waals surface area contributed by atoms with Crippen molar-refractivity contribution in [1.82, 2.24) is 14.9 Å². The number of ether oxygens (including phenoxy) is 2. The highest BCUT2D eigenvalue weighted by molar-refractivity contribution is 5.94. The van der Waals surface area contributed by atoms with Crippen LogP contribution in [0, 0.1) is 11.5 Å². The molecule has 1 saturated heterocycles. The Morgan fingerprint density at radius 1 is 1.03 bits per heavy atom. The number of benzene rings is 2. The first-order chi connectivity index (χ1) is 15.6. The van der Waals surface area contributed by atoms with Crippen molar-refractivity contribution in [2.75, 3.05) is 18.4 Å². The Morgan fingerprint density at radius 3 is 2.28 bits per heavy atom. The number of para-hydroxylation sites is 1. The largest absolute Gasteiger partial charge is 0.457 e. The molecule has 3 aromatic rings. The number of anilines is 1. The van der Waals surface area contributed by atoms with Gasteiger partial charge in [0.05, 0.1) is 0 Å². The first-order valence-corrected chi connectivity index (χ1v) is 10.2. The van der Waals surface area contributed by atoms with Crippen molar-refractivity contribution in [3.8, 4) is 29.3 Å². The zero-order valence-electron chi connectivity index (χ0n) is 17.3. The molecular formula is C23H22N6O3. The molecule has 0 saturated carbocycles. The van der Waals surface area contributed by atoms with Gasteiger partial charge in [0.1, 0.15) is 22.8 Å². The highest BCUT2D eigenvalue weighted by Crippen LogP contribution is 2.28. The second kappa shape index (κ2) is 9.66. The monoisotopic (exact) mass is 430 g/mol. The number of hydrogen-bond acceptors (Lipinski definition) is 8. The third-order valence-electron chi connectivity index (χ3n) is 5.01. The summed E-state index contributed by atoms with van der Waals surface area (Å²) in [6.07, 6.45) is 5.08. The number of primary amides is 1. The number of rotatable bonds is 7. The normalized spacial score (nSPS) is 13.8. The van der Waals surface area contributed by atoms with Crippen molar-refractivity contribution in [1.29, 1.82) is 5.26 Å². The summed E-state index contributed by atoms with van der Waals surface area (Å²) in [5.74, 6) is 1.57. The van der Waals surface area contributed by atoms with E-state index < -0.39 is 5.91 Å². The molecule has 0 bridgehead atoms. The standard InChI is InChI=1S/C23H22N6O3/c24-15-29-12-10-16(11-13-29)27-23-26-14-20(21(25)30)22(28-23)32-19-8-6-18(7-9-19)31-17-4-2-1-3-5-17/h1-9,14,16H,10-13H2,(H2,25,30)(H,26,27,28). The average Bonchev–Trinajstić information content (AvgIpc) is 2.81. The van der Waals surface area contributed by atoms with Gasteiger partial charge in [-0.15, -0.1) is 0 Å². The van der Waals surface area contributed by atoms with Gasteiger partial charge in [-0.25, -0.2) is 4.98 Å². The topological polar surface area (TPSA) is 126 Å². The van der Waals surface area contributed by atoms with Gasteiger partial charge in [-0.05, 0) is 49.2 Å². The molecule has 0 radical (unpaired) electrons. The lowest BCUT2D eigenvalue weighted by Crippen LogP contribution is -2.36. The number of nitrogens with one attached hydrogen (secondary N) is 1. The van der Waals surface area contributed by atoms with E-state index in [1.165, 1.54) is 6.20 Å². The number of nitrogens with zero attached hydrogens (tertiary/aromatic N) is 4. The predicted molar refractivity (Wildman–Crippen MR) is 117 cm³/mol. The second-order valence-corrected chi connectivity index (χ2v) is 7.27. The lowest BCUT2D eigenvalue weighted by molar-refractivity contribution is 0.0997. The summed E-state index contributed by atoms with van der Waals surface area (Å²) in [6, 6.07) is 16.5. The molecular weight excluding hydrogens is 408 g/mol. The van der Waals surface area contributed by atoms with E-state index in [4.69, 9.17) is 20.5 Å². The average molecular weight is 430 g/mol. The summed E-state index contributed by atoms with van der Waals surface area (Å²) in [7, 11) is 0. The molecule has 0 spiro atoms. The summed E-state index contributed by atoms with van der Waals surface area (Å²) < 4.78 is 11.6. The SMILES string of the molecule is N#CN1CCC(Nc2ncc(C(N)=O)c(Oc3ccc(Oc4ccccc4)cc3)n2)CC1. The Morgan fingerprint density at radius 2 is 1.66 bits per heavy atom. The Balaban J connectivity index is 1.46. The lowest BCUT2D eigenvalue weighted by Gasteiger charge is -2.28. The highest BCUT2D eigenvalue weighted by Gasteiger charge is 2.20. The van der Waals surface area contributed by atoms with Gasteiger partial charge in [0.15, 0.2) is 6.19 Å². The van der Waals surface area contributed by atoms with Gasteiger partial charge in [-0.2, -0.15) is 10.2 Å². The molecule has 9 heteroatoms. The lowest BCUT2D eigenvalue weighted by atomic mass is 10.1. The van der Waals surface area contributed by atoms with E-state index in [9.17, 15) is 4.79 Å². The maximum Gasteiger partial charge on any atom is 0.255 e. The number of nitriles is 1. The number of nitrogens with two attached hydrogens (primary N) is 1. The van der Waals surface area contributed by atoms with Gasteiger partial charge in [0.2, 0.25) is 11.8 Å². The van der Waals surface area contributed by atoms with E-state index in [-0.39, 0.29) is 17.5 Å². The summed E-state index contributed by atoms with van der Waals surface area (Å²) in [5.41, 5.74) is 5.55. The number of amides is 1. The smallest absolute Gasteiger partial charge is 0.255 e. The van der Waals surface area contributed by atoms with Crippen LogP contribution in [0.2, 0.25) is 0 Å². The minimum atomic E-state index is -0.682. The zero-order valence-corrected chi connectivity index (χ0v) is 17.3. The van der Waals surface area contributed by atoms with Crippen LogP contribution in [-0.2, 0) is 0 Å². The van der Waals surface area contributed by atoms with Crippen LogP contribution in [-0.4, -0.2) is 39.9 Å². The molecule has 1 amide bonds. The molecule has 162 valence electrons. The number of piperidine rings is 1. The van der Waals surface area contributed by atoms with Crippen molar-refractivity contribution in [3.63, 3.8) is 0 Å². The number of likely N-dealkylation sites (tertiary alicyclic amines) is 1. The van der Waals surface area contributed by atoms with Gasteiger partial charge in [-0.1, -0.05) is 18.2 Å². The van der Waals surface area contributed by atoms with Crippen molar-refractivity contribution >= 4 is 11.9 Å². The molecule has 32 heavy (non-hydrogen) atoms. The van der Waals surface area contributed by atoms with Crippen LogP contribution in [0.5, 0.6) is 23.1 Å². The molecule has 3 N–H and O–H groups in total. The number of hydrogen-bond donors (Lipinski definition) is 2. The molecule has 1 aromatic heterocycles. The van der Waals surface area contributed by atoms with E-state index in [0.29, 0.717) is 30.5 Å². The molecule has 2 aromatic carbocycles.